The van der Waals surface area contributed by atoms with Gasteiger partial charge in [-0.25, -0.2) is 0 Å². The van der Waals surface area contributed by atoms with Crippen molar-refractivity contribution in [2.45, 2.75) is 39.7 Å². The minimum absolute atomic E-state index is 0.225. The standard InChI is InChI=1S/C15H22N2O/c1-11-6-4-7-14(13(11)3)17-9-5-8-16-12(2)10-15(17)18/h4,6-7,12,16H,5,8-10H2,1-3H3. The number of aryl methyl sites for hydroxylation is 1. The average Bonchev–Trinajstić information content (AvgIpc) is 2.31. The van der Waals surface area contributed by atoms with Gasteiger partial charge in [-0.1, -0.05) is 12.1 Å². The molecule has 3 nitrogen and oxygen atoms in total. The number of hydrogen-bond acceptors (Lipinski definition) is 2. The molecular formula is C15H22N2O. The van der Waals surface area contributed by atoms with Crippen LogP contribution in [0.15, 0.2) is 18.2 Å². The zero-order valence-corrected chi connectivity index (χ0v) is 11.5. The number of amides is 1. The van der Waals surface area contributed by atoms with Crippen molar-refractivity contribution < 1.29 is 4.79 Å². The lowest BCUT2D eigenvalue weighted by Gasteiger charge is -2.29. The van der Waals surface area contributed by atoms with E-state index in [-0.39, 0.29) is 11.9 Å². The molecule has 1 amide bonds. The number of nitrogens with zero attached hydrogens (tertiary/aromatic N) is 1. The van der Waals surface area contributed by atoms with Crippen molar-refractivity contribution in [1.82, 2.24) is 5.32 Å². The van der Waals surface area contributed by atoms with Gasteiger partial charge in [-0.15, -0.1) is 0 Å². The van der Waals surface area contributed by atoms with Gasteiger partial charge < -0.3 is 10.2 Å². The third-order valence-corrected chi connectivity index (χ3v) is 3.70. The monoisotopic (exact) mass is 246 g/mol. The summed E-state index contributed by atoms with van der Waals surface area (Å²) in [4.78, 5) is 14.3. The van der Waals surface area contributed by atoms with Crippen molar-refractivity contribution >= 4 is 11.6 Å². The molecular weight excluding hydrogens is 224 g/mol. The molecule has 3 heteroatoms. The van der Waals surface area contributed by atoms with Crippen LogP contribution in [0, 0.1) is 13.8 Å². The Bertz CT molecular complexity index is 442. The van der Waals surface area contributed by atoms with Crippen LogP contribution in [0.1, 0.15) is 30.9 Å². The summed E-state index contributed by atoms with van der Waals surface area (Å²) in [5.41, 5.74) is 3.54. The molecule has 1 heterocycles. The predicted molar refractivity (Wildman–Crippen MR) is 75.0 cm³/mol. The fourth-order valence-electron chi connectivity index (χ4n) is 2.44. The summed E-state index contributed by atoms with van der Waals surface area (Å²) in [6.07, 6.45) is 1.58. The minimum atomic E-state index is 0.225. The van der Waals surface area contributed by atoms with E-state index in [0.29, 0.717) is 6.42 Å². The number of rotatable bonds is 1. The smallest absolute Gasteiger partial charge is 0.228 e. The molecule has 1 aliphatic rings. The Balaban J connectivity index is 2.29. The van der Waals surface area contributed by atoms with Crippen molar-refractivity contribution in [1.29, 1.82) is 0 Å². The maximum absolute atomic E-state index is 12.3. The van der Waals surface area contributed by atoms with Gasteiger partial charge >= 0.3 is 0 Å². The van der Waals surface area contributed by atoms with Crippen molar-refractivity contribution in [3.8, 4) is 0 Å². The second-order valence-corrected chi connectivity index (χ2v) is 5.18. The molecule has 1 fully saturated rings. The second-order valence-electron chi connectivity index (χ2n) is 5.18. The molecule has 1 aromatic rings. The number of carbonyl (C=O) groups excluding carboxylic acids is 1. The van der Waals surface area contributed by atoms with Crippen LogP contribution in [0.25, 0.3) is 0 Å². The Morgan fingerprint density at radius 2 is 2.11 bits per heavy atom. The summed E-state index contributed by atoms with van der Waals surface area (Å²) in [6.45, 7) is 8.05. The number of carbonyl (C=O) groups is 1. The number of anilines is 1. The SMILES string of the molecule is Cc1cccc(N2CCCNC(C)CC2=O)c1C. The van der Waals surface area contributed by atoms with E-state index in [9.17, 15) is 4.79 Å². The number of hydrogen-bond donors (Lipinski definition) is 1. The van der Waals surface area contributed by atoms with Gasteiger partial charge in [-0.2, -0.15) is 0 Å². The minimum Gasteiger partial charge on any atom is -0.314 e. The topological polar surface area (TPSA) is 32.3 Å². The second kappa shape index (κ2) is 5.53. The van der Waals surface area contributed by atoms with Gasteiger partial charge in [-0.3, -0.25) is 4.79 Å². The summed E-state index contributed by atoms with van der Waals surface area (Å²) in [5, 5.41) is 3.37. The molecule has 0 aliphatic carbocycles. The van der Waals surface area contributed by atoms with E-state index < -0.39 is 0 Å². The van der Waals surface area contributed by atoms with Gasteiger partial charge in [0.25, 0.3) is 0 Å². The van der Waals surface area contributed by atoms with Crippen LogP contribution in [0.3, 0.4) is 0 Å². The van der Waals surface area contributed by atoms with Crippen molar-refractivity contribution in [3.05, 3.63) is 29.3 Å². The van der Waals surface area contributed by atoms with E-state index in [1.165, 1.54) is 11.1 Å². The Kier molecular flexibility index (Phi) is 4.02. The summed E-state index contributed by atoms with van der Waals surface area (Å²) >= 11 is 0. The molecule has 0 spiro atoms. The van der Waals surface area contributed by atoms with Crippen LogP contribution in [-0.4, -0.2) is 25.0 Å². The first-order chi connectivity index (χ1) is 8.59. The van der Waals surface area contributed by atoms with E-state index in [1.54, 1.807) is 0 Å². The highest BCUT2D eigenvalue weighted by Gasteiger charge is 2.21. The van der Waals surface area contributed by atoms with Crippen molar-refractivity contribution in [2.75, 3.05) is 18.0 Å². The molecule has 98 valence electrons. The van der Waals surface area contributed by atoms with Crippen LogP contribution in [-0.2, 0) is 4.79 Å². The quantitative estimate of drug-likeness (QED) is 0.825. The molecule has 1 aromatic carbocycles. The van der Waals surface area contributed by atoms with Crippen LogP contribution in [0.5, 0.6) is 0 Å². The third-order valence-electron chi connectivity index (χ3n) is 3.70. The Hall–Kier alpha value is -1.35. The fraction of sp³-hybridized carbons (Fsp3) is 0.533. The molecule has 0 bridgehead atoms. The number of nitrogens with one attached hydrogen (secondary N) is 1. The summed E-state index contributed by atoms with van der Waals surface area (Å²) in [6, 6.07) is 6.45. The van der Waals surface area contributed by atoms with E-state index in [2.05, 4.69) is 38.2 Å². The lowest BCUT2D eigenvalue weighted by molar-refractivity contribution is -0.119. The predicted octanol–water partition coefficient (Wildman–Crippen LogP) is 2.41. The highest BCUT2D eigenvalue weighted by atomic mass is 16.2. The van der Waals surface area contributed by atoms with Crippen molar-refractivity contribution in [2.24, 2.45) is 0 Å². The maximum Gasteiger partial charge on any atom is 0.228 e. The van der Waals surface area contributed by atoms with Crippen LogP contribution in [0.2, 0.25) is 0 Å². The zero-order chi connectivity index (χ0) is 13.1. The molecule has 0 radical (unpaired) electrons. The van der Waals surface area contributed by atoms with Gasteiger partial charge in [0.2, 0.25) is 5.91 Å². The Morgan fingerprint density at radius 1 is 1.33 bits per heavy atom. The summed E-state index contributed by atoms with van der Waals surface area (Å²) in [5.74, 6) is 0.225. The first kappa shape index (κ1) is 13.1. The molecule has 1 aliphatic heterocycles. The van der Waals surface area contributed by atoms with Gasteiger partial charge in [0.15, 0.2) is 0 Å². The van der Waals surface area contributed by atoms with E-state index in [0.717, 1.165) is 25.2 Å². The molecule has 18 heavy (non-hydrogen) atoms. The highest BCUT2D eigenvalue weighted by molar-refractivity contribution is 5.94. The van der Waals surface area contributed by atoms with Crippen LogP contribution >= 0.6 is 0 Å². The highest BCUT2D eigenvalue weighted by Crippen LogP contribution is 2.24. The van der Waals surface area contributed by atoms with E-state index in [4.69, 9.17) is 0 Å². The van der Waals surface area contributed by atoms with Crippen LogP contribution in [0.4, 0.5) is 5.69 Å². The molecule has 1 N–H and O–H groups in total. The van der Waals surface area contributed by atoms with Gasteiger partial charge in [-0.05, 0) is 50.9 Å². The van der Waals surface area contributed by atoms with E-state index >= 15 is 0 Å². The Labute approximate surface area is 109 Å². The average molecular weight is 246 g/mol. The fourth-order valence-corrected chi connectivity index (χ4v) is 2.44. The number of benzene rings is 1. The molecule has 1 unspecified atom stereocenters. The van der Waals surface area contributed by atoms with Gasteiger partial charge in [0.05, 0.1) is 0 Å². The molecule has 0 aromatic heterocycles. The zero-order valence-electron chi connectivity index (χ0n) is 11.5. The summed E-state index contributed by atoms with van der Waals surface area (Å²) in [7, 11) is 0. The van der Waals surface area contributed by atoms with Gasteiger partial charge in [0, 0.05) is 24.7 Å². The lowest BCUT2D eigenvalue weighted by atomic mass is 10.1. The first-order valence-corrected chi connectivity index (χ1v) is 6.69. The van der Waals surface area contributed by atoms with Crippen LogP contribution < -0.4 is 10.2 Å². The first-order valence-electron chi connectivity index (χ1n) is 6.69. The molecule has 1 saturated heterocycles. The molecule has 2 rings (SSSR count). The molecule has 1 atom stereocenters. The van der Waals surface area contributed by atoms with Gasteiger partial charge in [0.1, 0.15) is 0 Å². The van der Waals surface area contributed by atoms with E-state index in [1.807, 2.05) is 11.0 Å². The Morgan fingerprint density at radius 3 is 2.89 bits per heavy atom. The summed E-state index contributed by atoms with van der Waals surface area (Å²) < 4.78 is 0. The maximum atomic E-state index is 12.3. The third kappa shape index (κ3) is 2.72. The largest absolute Gasteiger partial charge is 0.314 e. The lowest BCUT2D eigenvalue weighted by Crippen LogP contribution is -2.42. The normalized spacial score (nSPS) is 21.6. The molecule has 0 saturated carbocycles. The van der Waals surface area contributed by atoms with Crippen molar-refractivity contribution in [3.63, 3.8) is 0 Å².